The SMILES string of the molecule is C1=CC=CC2C=CC(Cc3ccccc3)=CC2C=CC=C1. The van der Waals surface area contributed by atoms with E-state index >= 15 is 0 Å². The Morgan fingerprint density at radius 3 is 2.10 bits per heavy atom. The van der Waals surface area contributed by atoms with Crippen molar-refractivity contribution in [2.24, 2.45) is 11.8 Å². The van der Waals surface area contributed by atoms with Gasteiger partial charge in [-0.15, -0.1) is 0 Å². The van der Waals surface area contributed by atoms with Gasteiger partial charge in [0.15, 0.2) is 0 Å². The molecule has 0 spiro atoms. The fourth-order valence-corrected chi connectivity index (χ4v) is 2.74. The van der Waals surface area contributed by atoms with Crippen molar-refractivity contribution in [2.45, 2.75) is 6.42 Å². The average molecular weight is 272 g/mol. The molecule has 0 heteroatoms. The van der Waals surface area contributed by atoms with Gasteiger partial charge >= 0.3 is 0 Å². The number of allylic oxidation sites excluding steroid dienone is 12. The van der Waals surface area contributed by atoms with E-state index in [2.05, 4.69) is 97.2 Å². The highest BCUT2D eigenvalue weighted by atomic mass is 14.2. The van der Waals surface area contributed by atoms with Crippen LogP contribution in [0.3, 0.4) is 0 Å². The van der Waals surface area contributed by atoms with Crippen molar-refractivity contribution in [3.05, 3.63) is 108 Å². The summed E-state index contributed by atoms with van der Waals surface area (Å²) in [5.74, 6) is 0.901. The van der Waals surface area contributed by atoms with Crippen LogP contribution in [-0.4, -0.2) is 0 Å². The van der Waals surface area contributed by atoms with Crippen LogP contribution in [0.15, 0.2) is 103 Å². The fourth-order valence-electron chi connectivity index (χ4n) is 2.74. The molecule has 21 heavy (non-hydrogen) atoms. The molecule has 0 amide bonds. The van der Waals surface area contributed by atoms with Gasteiger partial charge in [-0.2, -0.15) is 0 Å². The van der Waals surface area contributed by atoms with Crippen molar-refractivity contribution in [1.29, 1.82) is 0 Å². The van der Waals surface area contributed by atoms with Gasteiger partial charge in [0.1, 0.15) is 0 Å². The molecular weight excluding hydrogens is 252 g/mol. The third-order valence-electron chi connectivity index (χ3n) is 3.86. The zero-order valence-electron chi connectivity index (χ0n) is 12.1. The second-order valence-corrected chi connectivity index (χ2v) is 5.46. The summed E-state index contributed by atoms with van der Waals surface area (Å²) in [4.78, 5) is 0. The third kappa shape index (κ3) is 3.82. The zero-order valence-corrected chi connectivity index (χ0v) is 12.1. The molecule has 0 saturated carbocycles. The second kappa shape index (κ2) is 6.90. The Balaban J connectivity index is 1.80. The van der Waals surface area contributed by atoms with Gasteiger partial charge in [-0.05, 0) is 17.6 Å². The predicted octanol–water partition coefficient (Wildman–Crippen LogP) is 5.20. The van der Waals surface area contributed by atoms with E-state index in [9.17, 15) is 0 Å². The van der Waals surface area contributed by atoms with Gasteiger partial charge < -0.3 is 0 Å². The Morgan fingerprint density at radius 2 is 1.33 bits per heavy atom. The molecule has 0 nitrogen and oxygen atoms in total. The molecule has 3 rings (SSSR count). The van der Waals surface area contributed by atoms with Crippen LogP contribution < -0.4 is 0 Å². The number of hydrogen-bond acceptors (Lipinski definition) is 0. The van der Waals surface area contributed by atoms with Crippen molar-refractivity contribution in [3.63, 3.8) is 0 Å². The van der Waals surface area contributed by atoms with Crippen LogP contribution in [0.4, 0.5) is 0 Å². The lowest BCUT2D eigenvalue weighted by atomic mass is 9.83. The van der Waals surface area contributed by atoms with E-state index in [-0.39, 0.29) is 0 Å². The van der Waals surface area contributed by atoms with Crippen LogP contribution in [0.1, 0.15) is 5.56 Å². The number of fused-ring (bicyclic) bond motifs is 1. The minimum atomic E-state index is 0.445. The maximum absolute atomic E-state index is 2.40. The first-order chi connectivity index (χ1) is 10.4. The molecular formula is C21H20. The van der Waals surface area contributed by atoms with Crippen LogP contribution in [0, 0.1) is 11.8 Å². The molecule has 104 valence electrons. The lowest BCUT2D eigenvalue weighted by Gasteiger charge is -2.21. The van der Waals surface area contributed by atoms with Crippen LogP contribution in [0.2, 0.25) is 0 Å². The normalized spacial score (nSPS) is 23.7. The molecule has 0 heterocycles. The minimum absolute atomic E-state index is 0.445. The van der Waals surface area contributed by atoms with Gasteiger partial charge in [-0.3, -0.25) is 0 Å². The summed E-state index contributed by atoms with van der Waals surface area (Å²) < 4.78 is 0. The Labute approximate surface area is 127 Å². The fraction of sp³-hybridized carbons (Fsp3) is 0.143. The summed E-state index contributed by atoms with van der Waals surface area (Å²) in [5.41, 5.74) is 2.77. The van der Waals surface area contributed by atoms with Crippen molar-refractivity contribution in [3.8, 4) is 0 Å². The molecule has 0 bridgehead atoms. The van der Waals surface area contributed by atoms with Gasteiger partial charge in [-0.1, -0.05) is 97.2 Å². The topological polar surface area (TPSA) is 0 Å². The maximum atomic E-state index is 2.40. The third-order valence-corrected chi connectivity index (χ3v) is 3.86. The standard InChI is InChI=1S/C21H20/c1-2-4-9-13-21-17-19(14-15-20(21)12-8-3-1)16-18-10-6-5-7-11-18/h1-15,17,20-21H,16H2. The number of rotatable bonds is 2. The summed E-state index contributed by atoms with van der Waals surface area (Å²) in [6.07, 6.45) is 25.2. The first-order valence-corrected chi connectivity index (χ1v) is 7.53. The van der Waals surface area contributed by atoms with Gasteiger partial charge in [0.25, 0.3) is 0 Å². The van der Waals surface area contributed by atoms with Crippen LogP contribution in [0.25, 0.3) is 0 Å². The lowest BCUT2D eigenvalue weighted by Crippen LogP contribution is -2.10. The first kappa shape index (κ1) is 13.6. The Morgan fingerprint density at radius 1 is 0.667 bits per heavy atom. The molecule has 0 N–H and O–H groups in total. The molecule has 2 aliphatic rings. The molecule has 0 radical (unpaired) electrons. The Kier molecular flexibility index (Phi) is 4.48. The number of hydrogen-bond donors (Lipinski definition) is 0. The highest BCUT2D eigenvalue weighted by Crippen LogP contribution is 2.27. The number of benzene rings is 1. The first-order valence-electron chi connectivity index (χ1n) is 7.53. The molecule has 0 aliphatic heterocycles. The maximum Gasteiger partial charge on any atom is 0.00534 e. The van der Waals surface area contributed by atoms with Crippen LogP contribution in [-0.2, 0) is 6.42 Å². The highest BCUT2D eigenvalue weighted by Gasteiger charge is 2.16. The van der Waals surface area contributed by atoms with E-state index in [1.165, 1.54) is 11.1 Å². The van der Waals surface area contributed by atoms with Crippen LogP contribution in [0.5, 0.6) is 0 Å². The van der Waals surface area contributed by atoms with E-state index in [1.54, 1.807) is 0 Å². The zero-order chi connectivity index (χ0) is 14.3. The van der Waals surface area contributed by atoms with Crippen molar-refractivity contribution >= 4 is 0 Å². The Hall–Kier alpha value is -2.34. The molecule has 0 saturated heterocycles. The van der Waals surface area contributed by atoms with E-state index in [1.807, 2.05) is 0 Å². The molecule has 2 aliphatic carbocycles. The van der Waals surface area contributed by atoms with Crippen molar-refractivity contribution < 1.29 is 0 Å². The van der Waals surface area contributed by atoms with Crippen molar-refractivity contribution in [2.75, 3.05) is 0 Å². The lowest BCUT2D eigenvalue weighted by molar-refractivity contribution is 0.659. The summed E-state index contributed by atoms with van der Waals surface area (Å²) in [7, 11) is 0. The van der Waals surface area contributed by atoms with E-state index in [0.717, 1.165) is 6.42 Å². The van der Waals surface area contributed by atoms with Gasteiger partial charge in [0.05, 0.1) is 0 Å². The minimum Gasteiger partial charge on any atom is -0.0767 e. The summed E-state index contributed by atoms with van der Waals surface area (Å²) in [6.45, 7) is 0. The van der Waals surface area contributed by atoms with E-state index < -0.39 is 0 Å². The second-order valence-electron chi connectivity index (χ2n) is 5.46. The quantitative estimate of drug-likeness (QED) is 0.694. The highest BCUT2D eigenvalue weighted by molar-refractivity contribution is 5.36. The largest absolute Gasteiger partial charge is 0.0767 e. The average Bonchev–Trinajstić information content (AvgIpc) is 2.53. The van der Waals surface area contributed by atoms with Gasteiger partial charge in [0.2, 0.25) is 0 Å². The van der Waals surface area contributed by atoms with Gasteiger partial charge in [-0.25, -0.2) is 0 Å². The molecule has 2 atom stereocenters. The summed E-state index contributed by atoms with van der Waals surface area (Å²) in [6, 6.07) is 10.7. The van der Waals surface area contributed by atoms with Crippen LogP contribution >= 0.6 is 0 Å². The molecule has 1 aromatic rings. The molecule has 1 aromatic carbocycles. The molecule has 2 unspecified atom stereocenters. The molecule has 0 fully saturated rings. The monoisotopic (exact) mass is 272 g/mol. The Bertz CT molecular complexity index is 636. The van der Waals surface area contributed by atoms with E-state index in [4.69, 9.17) is 0 Å². The molecule has 0 aromatic heterocycles. The summed E-state index contributed by atoms with van der Waals surface area (Å²) >= 11 is 0. The predicted molar refractivity (Wildman–Crippen MR) is 90.9 cm³/mol. The summed E-state index contributed by atoms with van der Waals surface area (Å²) in [5, 5.41) is 0. The van der Waals surface area contributed by atoms with Crippen molar-refractivity contribution in [1.82, 2.24) is 0 Å². The van der Waals surface area contributed by atoms with Gasteiger partial charge in [0, 0.05) is 11.8 Å². The van der Waals surface area contributed by atoms with E-state index in [0.29, 0.717) is 11.8 Å². The smallest absolute Gasteiger partial charge is 0.00534 e.